The van der Waals surface area contributed by atoms with Crippen LogP contribution in [0, 0.1) is 11.3 Å². The molecule has 144 valence electrons. The van der Waals surface area contributed by atoms with Gasteiger partial charge in [-0.25, -0.2) is 4.68 Å². The average molecular weight is 390 g/mol. The Bertz CT molecular complexity index is 1220. The number of carbonyl (C=O) groups excluding carboxylic acids is 1. The molecule has 30 heavy (non-hydrogen) atoms. The fourth-order valence-corrected chi connectivity index (χ4v) is 3.05. The molecule has 0 saturated carbocycles. The first kappa shape index (κ1) is 18.9. The molecule has 1 aromatic heterocycles. The Balaban J connectivity index is 1.75. The lowest BCUT2D eigenvalue weighted by molar-refractivity contribution is -0.112. The lowest BCUT2D eigenvalue weighted by Gasteiger charge is -2.04. The predicted octanol–water partition coefficient (Wildman–Crippen LogP) is 5.08. The van der Waals surface area contributed by atoms with Crippen molar-refractivity contribution < 1.29 is 4.79 Å². The summed E-state index contributed by atoms with van der Waals surface area (Å²) >= 11 is 0. The molecule has 0 aliphatic heterocycles. The summed E-state index contributed by atoms with van der Waals surface area (Å²) in [4.78, 5) is 12.6. The van der Waals surface area contributed by atoms with E-state index >= 15 is 0 Å². The van der Waals surface area contributed by atoms with Crippen LogP contribution in [0.25, 0.3) is 23.0 Å². The highest BCUT2D eigenvalue weighted by Crippen LogP contribution is 2.26. The summed E-state index contributed by atoms with van der Waals surface area (Å²) in [7, 11) is 0. The van der Waals surface area contributed by atoms with Crippen LogP contribution in [0.2, 0.25) is 0 Å². The third-order valence-corrected chi connectivity index (χ3v) is 4.51. The first-order valence-corrected chi connectivity index (χ1v) is 9.43. The minimum absolute atomic E-state index is 0.00338. The van der Waals surface area contributed by atoms with Crippen molar-refractivity contribution in [1.29, 1.82) is 5.26 Å². The van der Waals surface area contributed by atoms with Crippen LogP contribution in [-0.2, 0) is 4.79 Å². The number of hydrogen-bond acceptors (Lipinski definition) is 3. The number of nitriles is 1. The van der Waals surface area contributed by atoms with Crippen LogP contribution in [0.4, 0.5) is 5.69 Å². The topological polar surface area (TPSA) is 70.7 Å². The number of carbonyl (C=O) groups is 1. The maximum atomic E-state index is 12.6. The van der Waals surface area contributed by atoms with E-state index in [1.807, 2.05) is 91.1 Å². The largest absolute Gasteiger partial charge is 0.321 e. The molecule has 0 unspecified atom stereocenters. The number of nitrogens with one attached hydrogen (secondary N) is 1. The van der Waals surface area contributed by atoms with Crippen LogP contribution in [0.1, 0.15) is 5.56 Å². The first-order valence-electron chi connectivity index (χ1n) is 9.43. The lowest BCUT2D eigenvalue weighted by Crippen LogP contribution is -2.13. The molecule has 5 heteroatoms. The summed E-state index contributed by atoms with van der Waals surface area (Å²) in [6, 6.07) is 30.4. The molecule has 1 N–H and O–H groups in total. The second kappa shape index (κ2) is 8.72. The summed E-state index contributed by atoms with van der Waals surface area (Å²) in [5.74, 6) is -0.463. The molecule has 1 heterocycles. The molecule has 0 radical (unpaired) electrons. The van der Waals surface area contributed by atoms with E-state index in [1.54, 1.807) is 22.9 Å². The van der Waals surface area contributed by atoms with Gasteiger partial charge in [-0.15, -0.1) is 0 Å². The van der Waals surface area contributed by atoms with Crippen LogP contribution >= 0.6 is 0 Å². The minimum Gasteiger partial charge on any atom is -0.321 e. The van der Waals surface area contributed by atoms with Crippen LogP contribution in [0.15, 0.2) is 103 Å². The van der Waals surface area contributed by atoms with E-state index in [0.29, 0.717) is 16.9 Å². The third-order valence-electron chi connectivity index (χ3n) is 4.51. The van der Waals surface area contributed by atoms with Gasteiger partial charge in [0.25, 0.3) is 5.91 Å². The van der Waals surface area contributed by atoms with Gasteiger partial charge in [0.05, 0.1) is 11.4 Å². The molecule has 0 saturated heterocycles. The number of para-hydroxylation sites is 2. The Labute approximate surface area is 174 Å². The van der Waals surface area contributed by atoms with Crippen LogP contribution in [-0.4, -0.2) is 15.7 Å². The van der Waals surface area contributed by atoms with Crippen LogP contribution < -0.4 is 5.32 Å². The summed E-state index contributed by atoms with van der Waals surface area (Å²) in [6.07, 6.45) is 3.40. The molecular weight excluding hydrogens is 372 g/mol. The van der Waals surface area contributed by atoms with Crippen molar-refractivity contribution in [2.75, 3.05) is 5.32 Å². The van der Waals surface area contributed by atoms with Crippen molar-refractivity contribution in [2.45, 2.75) is 0 Å². The molecule has 0 spiro atoms. The molecule has 0 aliphatic carbocycles. The predicted molar refractivity (Wildman–Crippen MR) is 118 cm³/mol. The van der Waals surface area contributed by atoms with Gasteiger partial charge in [-0.1, -0.05) is 66.7 Å². The van der Waals surface area contributed by atoms with Crippen molar-refractivity contribution in [2.24, 2.45) is 0 Å². The molecule has 0 atom stereocenters. The van der Waals surface area contributed by atoms with Gasteiger partial charge in [-0.05, 0) is 30.3 Å². The van der Waals surface area contributed by atoms with E-state index in [1.165, 1.54) is 0 Å². The van der Waals surface area contributed by atoms with E-state index in [-0.39, 0.29) is 5.57 Å². The zero-order valence-corrected chi connectivity index (χ0v) is 16.1. The quantitative estimate of drug-likeness (QED) is 0.381. The molecule has 4 aromatic rings. The molecule has 0 bridgehead atoms. The van der Waals surface area contributed by atoms with E-state index < -0.39 is 5.91 Å². The van der Waals surface area contributed by atoms with Gasteiger partial charge in [0.15, 0.2) is 0 Å². The Morgan fingerprint density at radius 1 is 0.900 bits per heavy atom. The molecule has 0 fully saturated rings. The Kier molecular flexibility index (Phi) is 5.50. The fourth-order valence-electron chi connectivity index (χ4n) is 3.05. The summed E-state index contributed by atoms with van der Waals surface area (Å²) in [5, 5.41) is 17.1. The van der Waals surface area contributed by atoms with Crippen molar-refractivity contribution in [3.05, 3.63) is 108 Å². The highest BCUT2D eigenvalue weighted by atomic mass is 16.1. The zero-order valence-electron chi connectivity index (χ0n) is 16.1. The smallest absolute Gasteiger partial charge is 0.266 e. The second-order valence-electron chi connectivity index (χ2n) is 6.57. The Morgan fingerprint density at radius 3 is 2.13 bits per heavy atom. The lowest BCUT2D eigenvalue weighted by atomic mass is 10.1. The van der Waals surface area contributed by atoms with Gasteiger partial charge in [-0.2, -0.15) is 10.4 Å². The molecule has 4 rings (SSSR count). The number of rotatable bonds is 5. The second-order valence-corrected chi connectivity index (χ2v) is 6.57. The van der Waals surface area contributed by atoms with Crippen LogP contribution in [0.5, 0.6) is 0 Å². The van der Waals surface area contributed by atoms with E-state index in [4.69, 9.17) is 5.10 Å². The van der Waals surface area contributed by atoms with Gasteiger partial charge >= 0.3 is 0 Å². The van der Waals surface area contributed by atoms with Crippen LogP contribution in [0.3, 0.4) is 0 Å². The van der Waals surface area contributed by atoms with Crippen molar-refractivity contribution in [3.63, 3.8) is 0 Å². The maximum Gasteiger partial charge on any atom is 0.266 e. The van der Waals surface area contributed by atoms with Gasteiger partial charge < -0.3 is 5.32 Å². The number of benzene rings is 3. The van der Waals surface area contributed by atoms with Gasteiger partial charge in [0.1, 0.15) is 11.6 Å². The number of aromatic nitrogens is 2. The maximum absolute atomic E-state index is 12.6. The summed E-state index contributed by atoms with van der Waals surface area (Å²) in [6.45, 7) is 0. The SMILES string of the molecule is N#C/C(=C\c1cn(-c2ccccc2)nc1-c1ccccc1)C(=O)Nc1ccccc1. The Morgan fingerprint density at radius 2 is 1.50 bits per heavy atom. The zero-order chi connectivity index (χ0) is 20.8. The highest BCUT2D eigenvalue weighted by molar-refractivity contribution is 6.10. The monoisotopic (exact) mass is 390 g/mol. The van der Waals surface area contributed by atoms with E-state index in [2.05, 4.69) is 5.32 Å². The van der Waals surface area contributed by atoms with Gasteiger partial charge in [-0.3, -0.25) is 4.79 Å². The fraction of sp³-hybridized carbons (Fsp3) is 0. The number of amides is 1. The Hall–Kier alpha value is -4.43. The van der Waals surface area contributed by atoms with Crippen molar-refractivity contribution in [1.82, 2.24) is 9.78 Å². The third kappa shape index (κ3) is 4.18. The summed E-state index contributed by atoms with van der Waals surface area (Å²) in [5.41, 5.74) is 3.81. The molecule has 3 aromatic carbocycles. The summed E-state index contributed by atoms with van der Waals surface area (Å²) < 4.78 is 1.75. The van der Waals surface area contributed by atoms with Gasteiger partial charge in [0.2, 0.25) is 0 Å². The van der Waals surface area contributed by atoms with Crippen molar-refractivity contribution in [3.8, 4) is 23.0 Å². The van der Waals surface area contributed by atoms with E-state index in [9.17, 15) is 10.1 Å². The average Bonchev–Trinajstić information content (AvgIpc) is 3.23. The van der Waals surface area contributed by atoms with Gasteiger partial charge in [0, 0.05) is 23.0 Å². The highest BCUT2D eigenvalue weighted by Gasteiger charge is 2.15. The normalized spacial score (nSPS) is 11.0. The first-order chi connectivity index (χ1) is 14.7. The number of nitrogens with zero attached hydrogens (tertiary/aromatic N) is 3. The molecule has 0 aliphatic rings. The minimum atomic E-state index is -0.463. The molecular formula is C25H18N4O. The van der Waals surface area contributed by atoms with E-state index in [0.717, 1.165) is 11.3 Å². The molecule has 1 amide bonds. The standard InChI is InChI=1S/C25H18N4O/c26-17-20(25(30)27-22-12-6-2-7-13-22)16-21-18-29(23-14-8-3-9-15-23)28-24(21)19-10-4-1-5-11-19/h1-16,18H,(H,27,30)/b20-16+. The van der Waals surface area contributed by atoms with Crippen molar-refractivity contribution >= 4 is 17.7 Å². The number of anilines is 1. The number of hydrogen-bond donors (Lipinski definition) is 1. The molecule has 5 nitrogen and oxygen atoms in total.